The lowest BCUT2D eigenvalue weighted by Crippen LogP contribution is -2.69. The van der Waals surface area contributed by atoms with Crippen molar-refractivity contribution in [2.24, 2.45) is 0 Å². The molecule has 0 aliphatic carbocycles. The van der Waals surface area contributed by atoms with Crippen molar-refractivity contribution in [3.05, 3.63) is 65.2 Å². The van der Waals surface area contributed by atoms with E-state index in [9.17, 15) is 22.8 Å². The molecule has 0 saturated carbocycles. The molecule has 0 unspecified atom stereocenters. The summed E-state index contributed by atoms with van der Waals surface area (Å²) < 4.78 is 46.6. The van der Waals surface area contributed by atoms with Gasteiger partial charge in [0.2, 0.25) is 5.91 Å². The number of hydrogen-bond donors (Lipinski definition) is 2. The van der Waals surface area contributed by atoms with E-state index < -0.39 is 23.7 Å². The zero-order valence-electron chi connectivity index (χ0n) is 14.8. The fourth-order valence-electron chi connectivity index (χ4n) is 2.41. The van der Waals surface area contributed by atoms with Gasteiger partial charge in [0.05, 0.1) is 13.0 Å². The van der Waals surface area contributed by atoms with Crippen LogP contribution < -0.4 is 10.6 Å². The second-order valence-corrected chi connectivity index (χ2v) is 6.25. The van der Waals surface area contributed by atoms with Gasteiger partial charge in [-0.1, -0.05) is 41.9 Å². The molecule has 0 saturated heterocycles. The van der Waals surface area contributed by atoms with E-state index in [1.807, 2.05) is 0 Å². The van der Waals surface area contributed by atoms with E-state index in [2.05, 4.69) is 10.1 Å². The van der Waals surface area contributed by atoms with Gasteiger partial charge in [0.25, 0.3) is 0 Å². The van der Waals surface area contributed by atoms with E-state index in [4.69, 9.17) is 11.6 Å². The minimum Gasteiger partial charge on any atom is -0.463 e. The molecule has 28 heavy (non-hydrogen) atoms. The fraction of sp³-hybridized carbons (Fsp3) is 0.263. The van der Waals surface area contributed by atoms with E-state index in [1.54, 1.807) is 35.6 Å². The van der Waals surface area contributed by atoms with Crippen LogP contribution in [0.15, 0.2) is 54.6 Å². The van der Waals surface area contributed by atoms with Gasteiger partial charge in [-0.25, -0.2) is 4.79 Å². The highest BCUT2D eigenvalue weighted by Gasteiger charge is 2.63. The van der Waals surface area contributed by atoms with E-state index in [0.717, 1.165) is 0 Å². The highest BCUT2D eigenvalue weighted by molar-refractivity contribution is 6.30. The molecule has 0 aromatic heterocycles. The number of anilines is 1. The Bertz CT molecular complexity index is 813. The maximum atomic E-state index is 14.0. The largest absolute Gasteiger partial charge is 0.463 e. The molecule has 0 bridgehead atoms. The van der Waals surface area contributed by atoms with Crippen molar-refractivity contribution in [1.82, 2.24) is 5.32 Å². The number of benzene rings is 2. The molecule has 1 atom stereocenters. The first-order valence-corrected chi connectivity index (χ1v) is 8.68. The molecule has 2 aromatic carbocycles. The summed E-state index contributed by atoms with van der Waals surface area (Å²) in [7, 11) is 0. The van der Waals surface area contributed by atoms with E-state index in [1.165, 1.54) is 31.2 Å². The summed E-state index contributed by atoms with van der Waals surface area (Å²) in [5.41, 5.74) is -3.04. The SMILES string of the molecule is CCOC(=O)[C@@](NC(=O)Cc1ccccc1)(Nc1ccc(Cl)cc1)C(F)(F)F. The second-order valence-electron chi connectivity index (χ2n) is 5.81. The Labute approximate surface area is 164 Å². The third-order valence-electron chi connectivity index (χ3n) is 3.72. The molecule has 0 radical (unpaired) electrons. The topological polar surface area (TPSA) is 67.4 Å². The van der Waals surface area contributed by atoms with Gasteiger partial charge in [0.1, 0.15) is 0 Å². The van der Waals surface area contributed by atoms with E-state index in [-0.39, 0.29) is 18.7 Å². The van der Waals surface area contributed by atoms with Gasteiger partial charge >= 0.3 is 17.8 Å². The minimum absolute atomic E-state index is 0.0743. The van der Waals surface area contributed by atoms with E-state index in [0.29, 0.717) is 10.6 Å². The van der Waals surface area contributed by atoms with Crippen LogP contribution in [0.4, 0.5) is 18.9 Å². The van der Waals surface area contributed by atoms with Gasteiger partial charge in [0.15, 0.2) is 0 Å². The van der Waals surface area contributed by atoms with Crippen LogP contribution in [-0.4, -0.2) is 30.3 Å². The fourth-order valence-corrected chi connectivity index (χ4v) is 2.54. The summed E-state index contributed by atoms with van der Waals surface area (Å²) in [6.45, 7) is 1.07. The quantitative estimate of drug-likeness (QED) is 0.532. The van der Waals surface area contributed by atoms with Crippen LogP contribution in [0.2, 0.25) is 5.02 Å². The van der Waals surface area contributed by atoms with Crippen molar-refractivity contribution in [1.29, 1.82) is 0 Å². The maximum absolute atomic E-state index is 14.0. The molecule has 0 aliphatic rings. The van der Waals surface area contributed by atoms with Crippen molar-refractivity contribution in [3.63, 3.8) is 0 Å². The van der Waals surface area contributed by atoms with Crippen molar-refractivity contribution in [3.8, 4) is 0 Å². The number of ether oxygens (including phenoxy) is 1. The molecule has 2 rings (SSSR count). The van der Waals surface area contributed by atoms with Gasteiger partial charge in [-0.3, -0.25) is 4.79 Å². The van der Waals surface area contributed by atoms with E-state index >= 15 is 0 Å². The minimum atomic E-state index is -5.19. The molecule has 150 valence electrons. The third-order valence-corrected chi connectivity index (χ3v) is 3.97. The predicted molar refractivity (Wildman–Crippen MR) is 98.8 cm³/mol. The first kappa shape index (κ1) is 21.6. The summed E-state index contributed by atoms with van der Waals surface area (Å²) in [6.07, 6.45) is -5.54. The van der Waals surface area contributed by atoms with Crippen LogP contribution in [0.5, 0.6) is 0 Å². The Morgan fingerprint density at radius 3 is 2.18 bits per heavy atom. The van der Waals surface area contributed by atoms with Gasteiger partial charge in [-0.05, 0) is 36.8 Å². The normalized spacial score (nSPS) is 13.3. The average Bonchev–Trinajstić information content (AvgIpc) is 2.63. The zero-order chi connectivity index (χ0) is 20.8. The predicted octanol–water partition coefficient (Wildman–Crippen LogP) is 3.93. The highest BCUT2D eigenvalue weighted by Crippen LogP contribution is 2.33. The van der Waals surface area contributed by atoms with Gasteiger partial charge in [0, 0.05) is 10.7 Å². The number of nitrogens with one attached hydrogen (secondary N) is 2. The summed E-state index contributed by atoms with van der Waals surface area (Å²) in [4.78, 5) is 24.7. The van der Waals surface area contributed by atoms with Crippen LogP contribution in [0, 0.1) is 0 Å². The Balaban J connectivity index is 2.38. The highest BCUT2D eigenvalue weighted by atomic mass is 35.5. The third kappa shape index (κ3) is 5.16. The van der Waals surface area contributed by atoms with Crippen LogP contribution in [0.3, 0.4) is 0 Å². The van der Waals surface area contributed by atoms with Gasteiger partial charge < -0.3 is 15.4 Å². The standard InChI is InChI=1S/C19H18ClF3N2O3/c1-2-28-17(27)18(19(21,22)23,24-15-10-8-14(20)9-11-15)25-16(26)12-13-6-4-3-5-7-13/h3-11,24H,2,12H2,1H3,(H,25,26)/t18-/m0/s1. The van der Waals surface area contributed by atoms with Gasteiger partial charge in [-0.2, -0.15) is 13.2 Å². The summed E-state index contributed by atoms with van der Waals surface area (Å²) in [6, 6.07) is 13.4. The zero-order valence-corrected chi connectivity index (χ0v) is 15.6. The molecule has 0 heterocycles. The maximum Gasteiger partial charge on any atom is 0.441 e. The Hall–Kier alpha value is -2.74. The van der Waals surface area contributed by atoms with Gasteiger partial charge in [-0.15, -0.1) is 0 Å². The molecule has 0 fully saturated rings. The first-order chi connectivity index (χ1) is 13.2. The van der Waals surface area contributed by atoms with Crippen molar-refractivity contribution in [2.75, 3.05) is 11.9 Å². The Morgan fingerprint density at radius 2 is 1.64 bits per heavy atom. The van der Waals surface area contributed by atoms with Crippen LogP contribution in [0.25, 0.3) is 0 Å². The number of amides is 1. The molecule has 0 spiro atoms. The summed E-state index contributed by atoms with van der Waals surface area (Å²) >= 11 is 5.75. The number of carbonyl (C=O) groups is 2. The monoisotopic (exact) mass is 414 g/mol. The van der Waals surface area contributed by atoms with Crippen LogP contribution in [0.1, 0.15) is 12.5 Å². The second kappa shape index (κ2) is 8.97. The smallest absolute Gasteiger partial charge is 0.441 e. The molecule has 2 N–H and O–H groups in total. The molecule has 5 nitrogen and oxygen atoms in total. The van der Waals surface area contributed by atoms with Crippen molar-refractivity contribution < 1.29 is 27.5 Å². The summed E-state index contributed by atoms with van der Waals surface area (Å²) in [5, 5.41) is 4.15. The number of carbonyl (C=O) groups excluding carboxylic acids is 2. The lowest BCUT2D eigenvalue weighted by Gasteiger charge is -2.35. The lowest BCUT2D eigenvalue weighted by atomic mass is 10.1. The molecule has 9 heteroatoms. The van der Waals surface area contributed by atoms with Crippen LogP contribution in [-0.2, 0) is 20.7 Å². The number of halogens is 4. The summed E-state index contributed by atoms with van der Waals surface area (Å²) in [5.74, 6) is -2.67. The molecule has 1 amide bonds. The number of alkyl halides is 3. The number of esters is 1. The average molecular weight is 415 g/mol. The lowest BCUT2D eigenvalue weighted by molar-refractivity contribution is -0.207. The first-order valence-electron chi connectivity index (χ1n) is 8.30. The van der Waals surface area contributed by atoms with Crippen molar-refractivity contribution in [2.45, 2.75) is 25.2 Å². The van der Waals surface area contributed by atoms with Crippen LogP contribution >= 0.6 is 11.6 Å². The molecular weight excluding hydrogens is 397 g/mol. The number of rotatable bonds is 7. The number of hydrogen-bond acceptors (Lipinski definition) is 4. The molecule has 2 aromatic rings. The Morgan fingerprint density at radius 1 is 1.04 bits per heavy atom. The Kier molecular flexibility index (Phi) is 6.90. The molecule has 0 aliphatic heterocycles. The molecular formula is C19H18ClF3N2O3. The van der Waals surface area contributed by atoms with Crippen molar-refractivity contribution >= 4 is 29.2 Å².